The molecule has 20 heavy (non-hydrogen) atoms. The van der Waals surface area contributed by atoms with Crippen LogP contribution in [0.25, 0.3) is 0 Å². The van der Waals surface area contributed by atoms with Crippen LogP contribution in [0.4, 0.5) is 0 Å². The first-order valence-electron chi connectivity index (χ1n) is 6.89. The molecule has 2 N–H and O–H groups in total. The first kappa shape index (κ1) is 17.0. The highest BCUT2D eigenvalue weighted by Gasteiger charge is 2.37. The zero-order valence-corrected chi connectivity index (χ0v) is 13.2. The molecule has 4 heteroatoms. The Labute approximate surface area is 126 Å². The van der Waals surface area contributed by atoms with Crippen LogP contribution < -0.4 is 5.73 Å². The first-order valence-corrected chi connectivity index (χ1v) is 7.42. The molecule has 0 aliphatic rings. The normalized spacial score (nSPS) is 14.7. The number of hydrogen-bond donors (Lipinski definition) is 1. The molecule has 0 fully saturated rings. The maximum atomic E-state index is 12.4. The van der Waals surface area contributed by atoms with Crippen molar-refractivity contribution in [1.29, 1.82) is 0 Å². The van der Waals surface area contributed by atoms with Crippen LogP contribution in [0.2, 0.25) is 0 Å². The third kappa shape index (κ3) is 5.51. The van der Waals surface area contributed by atoms with Crippen LogP contribution in [-0.2, 0) is 16.0 Å². The second kappa shape index (κ2) is 7.09. The molecule has 1 aromatic carbocycles. The van der Waals surface area contributed by atoms with Crippen LogP contribution in [0.1, 0.15) is 39.2 Å². The molecule has 112 valence electrons. The summed E-state index contributed by atoms with van der Waals surface area (Å²) in [5.74, 6) is 0.121. The Morgan fingerprint density at radius 3 is 2.35 bits per heavy atom. The van der Waals surface area contributed by atoms with E-state index in [9.17, 15) is 4.79 Å². The fourth-order valence-corrected chi connectivity index (χ4v) is 2.12. The van der Waals surface area contributed by atoms with E-state index in [0.717, 1.165) is 5.56 Å². The Balaban J connectivity index is 2.88. The predicted octanol–water partition coefficient (Wildman–Crippen LogP) is 3.29. The molecule has 0 radical (unpaired) electrons. The van der Waals surface area contributed by atoms with E-state index >= 15 is 0 Å². The maximum Gasteiger partial charge on any atom is 0.326 e. The quantitative estimate of drug-likeness (QED) is 0.647. The zero-order valence-electron chi connectivity index (χ0n) is 12.5. The van der Waals surface area contributed by atoms with Crippen molar-refractivity contribution in [2.45, 2.75) is 51.2 Å². The molecule has 0 saturated heterocycles. The van der Waals surface area contributed by atoms with Gasteiger partial charge in [-0.05, 0) is 39.2 Å². The molecular weight excluding hydrogens is 274 g/mol. The number of ether oxygens (including phenoxy) is 1. The lowest BCUT2D eigenvalue weighted by Crippen LogP contribution is -2.52. The van der Waals surface area contributed by atoms with E-state index < -0.39 is 11.1 Å². The van der Waals surface area contributed by atoms with Gasteiger partial charge < -0.3 is 10.5 Å². The van der Waals surface area contributed by atoms with Gasteiger partial charge >= 0.3 is 5.97 Å². The van der Waals surface area contributed by atoms with Crippen molar-refractivity contribution in [1.82, 2.24) is 0 Å². The van der Waals surface area contributed by atoms with Crippen LogP contribution in [0.3, 0.4) is 0 Å². The molecule has 1 atom stereocenters. The number of alkyl halides is 1. The van der Waals surface area contributed by atoms with Crippen LogP contribution in [-0.4, -0.2) is 23.0 Å². The van der Waals surface area contributed by atoms with Crippen molar-refractivity contribution in [2.75, 3.05) is 5.88 Å². The smallest absolute Gasteiger partial charge is 0.326 e. The van der Waals surface area contributed by atoms with Crippen LogP contribution in [0.15, 0.2) is 30.3 Å². The highest BCUT2D eigenvalue weighted by Crippen LogP contribution is 2.22. The number of halogens is 1. The summed E-state index contributed by atoms with van der Waals surface area (Å²) in [6.07, 6.45) is 1.66. The average Bonchev–Trinajstić information content (AvgIpc) is 2.35. The third-order valence-corrected chi connectivity index (χ3v) is 3.19. The molecule has 1 aromatic rings. The number of rotatable bonds is 6. The summed E-state index contributed by atoms with van der Waals surface area (Å²) in [5, 5.41) is 0. The molecular formula is C16H24ClNO2. The molecule has 0 aromatic heterocycles. The van der Waals surface area contributed by atoms with Crippen molar-refractivity contribution in [3.63, 3.8) is 0 Å². The summed E-state index contributed by atoms with van der Waals surface area (Å²) in [6, 6.07) is 9.74. The Morgan fingerprint density at radius 2 is 1.85 bits per heavy atom. The molecule has 0 aliphatic heterocycles. The number of esters is 1. The van der Waals surface area contributed by atoms with Gasteiger partial charge in [0.05, 0.1) is 0 Å². The number of carbonyl (C=O) groups is 1. The second-order valence-corrected chi connectivity index (χ2v) is 6.49. The molecule has 0 spiro atoms. The van der Waals surface area contributed by atoms with E-state index in [1.807, 2.05) is 51.1 Å². The minimum atomic E-state index is -1.02. The maximum absolute atomic E-state index is 12.4. The zero-order chi connectivity index (χ0) is 15.2. The summed E-state index contributed by atoms with van der Waals surface area (Å²) < 4.78 is 5.47. The van der Waals surface area contributed by atoms with E-state index in [-0.39, 0.29) is 5.97 Å². The fraction of sp³-hybridized carbons (Fsp3) is 0.562. The van der Waals surface area contributed by atoms with Crippen LogP contribution in [0.5, 0.6) is 0 Å². The summed E-state index contributed by atoms with van der Waals surface area (Å²) >= 11 is 5.74. The summed E-state index contributed by atoms with van der Waals surface area (Å²) in [6.45, 7) is 5.53. The summed E-state index contributed by atoms with van der Waals surface area (Å²) in [5.41, 5.74) is 5.79. The van der Waals surface area contributed by atoms with E-state index in [4.69, 9.17) is 22.1 Å². The number of nitrogens with two attached hydrogens (primary N) is 1. The number of hydrogen-bond acceptors (Lipinski definition) is 3. The van der Waals surface area contributed by atoms with E-state index in [2.05, 4.69) is 0 Å². The molecule has 1 rings (SSSR count). The Kier molecular flexibility index (Phi) is 6.03. The molecule has 0 unspecified atom stereocenters. The van der Waals surface area contributed by atoms with Crippen molar-refractivity contribution in [3.8, 4) is 0 Å². The van der Waals surface area contributed by atoms with E-state index in [0.29, 0.717) is 25.1 Å². The van der Waals surface area contributed by atoms with Crippen molar-refractivity contribution < 1.29 is 9.53 Å². The van der Waals surface area contributed by atoms with Gasteiger partial charge in [-0.15, -0.1) is 11.6 Å². The largest absolute Gasteiger partial charge is 0.459 e. The Bertz CT molecular complexity index is 428. The second-order valence-electron chi connectivity index (χ2n) is 6.11. The minimum absolute atomic E-state index is 0.362. The molecule has 0 heterocycles. The highest BCUT2D eigenvalue weighted by atomic mass is 35.5. The number of benzene rings is 1. The SMILES string of the molecule is CC(C)(C)OC(=O)[C@](N)(CCCCl)Cc1ccccc1. The lowest BCUT2D eigenvalue weighted by Gasteiger charge is -2.31. The lowest BCUT2D eigenvalue weighted by molar-refractivity contribution is -0.162. The Morgan fingerprint density at radius 1 is 1.25 bits per heavy atom. The van der Waals surface area contributed by atoms with Gasteiger partial charge in [-0.1, -0.05) is 30.3 Å². The molecule has 0 bridgehead atoms. The van der Waals surface area contributed by atoms with Gasteiger partial charge in [0.15, 0.2) is 0 Å². The van der Waals surface area contributed by atoms with Crippen LogP contribution >= 0.6 is 11.6 Å². The topological polar surface area (TPSA) is 52.3 Å². The molecule has 0 saturated carbocycles. The van der Waals surface area contributed by atoms with Gasteiger partial charge in [-0.3, -0.25) is 4.79 Å². The lowest BCUT2D eigenvalue weighted by atomic mass is 9.87. The monoisotopic (exact) mass is 297 g/mol. The van der Waals surface area contributed by atoms with Gasteiger partial charge in [-0.2, -0.15) is 0 Å². The Hall–Kier alpha value is -1.06. The van der Waals surface area contributed by atoms with Gasteiger partial charge in [0.1, 0.15) is 11.1 Å². The molecule has 0 aliphatic carbocycles. The van der Waals surface area contributed by atoms with Gasteiger partial charge in [0.2, 0.25) is 0 Å². The third-order valence-electron chi connectivity index (χ3n) is 2.92. The molecule has 3 nitrogen and oxygen atoms in total. The van der Waals surface area contributed by atoms with E-state index in [1.54, 1.807) is 0 Å². The van der Waals surface area contributed by atoms with Gasteiger partial charge in [-0.25, -0.2) is 0 Å². The minimum Gasteiger partial charge on any atom is -0.459 e. The number of carbonyl (C=O) groups excluding carboxylic acids is 1. The van der Waals surface area contributed by atoms with Crippen molar-refractivity contribution in [2.24, 2.45) is 5.73 Å². The first-order chi connectivity index (χ1) is 9.27. The van der Waals surface area contributed by atoms with Crippen LogP contribution in [0, 0.1) is 0 Å². The van der Waals surface area contributed by atoms with E-state index in [1.165, 1.54) is 0 Å². The highest BCUT2D eigenvalue weighted by molar-refractivity contribution is 6.17. The standard InChI is InChI=1S/C16H24ClNO2/c1-15(2,3)20-14(19)16(18,10-7-11-17)12-13-8-5-4-6-9-13/h4-6,8-9H,7,10-12,18H2,1-3H3/t16-/m0/s1. The average molecular weight is 298 g/mol. The van der Waals surface area contributed by atoms with Crippen molar-refractivity contribution >= 4 is 17.6 Å². The summed E-state index contributed by atoms with van der Waals surface area (Å²) in [4.78, 5) is 12.4. The fourth-order valence-electron chi connectivity index (χ4n) is 1.98. The van der Waals surface area contributed by atoms with Gasteiger partial charge in [0, 0.05) is 12.3 Å². The van der Waals surface area contributed by atoms with Crippen molar-refractivity contribution in [3.05, 3.63) is 35.9 Å². The predicted molar refractivity (Wildman–Crippen MR) is 82.9 cm³/mol. The van der Waals surface area contributed by atoms with Gasteiger partial charge in [0.25, 0.3) is 0 Å². The molecule has 0 amide bonds. The summed E-state index contributed by atoms with van der Waals surface area (Å²) in [7, 11) is 0.